The lowest BCUT2D eigenvalue weighted by Crippen LogP contribution is -2.48. The van der Waals surface area contributed by atoms with Gasteiger partial charge in [0.25, 0.3) is 5.91 Å². The van der Waals surface area contributed by atoms with Crippen molar-refractivity contribution >= 4 is 11.8 Å². The summed E-state index contributed by atoms with van der Waals surface area (Å²) in [5.41, 5.74) is 2.08. The van der Waals surface area contributed by atoms with E-state index in [4.69, 9.17) is 0 Å². The molecule has 1 aliphatic heterocycles. The second kappa shape index (κ2) is 7.73. The Bertz CT molecular complexity index is 843. The van der Waals surface area contributed by atoms with Gasteiger partial charge >= 0.3 is 0 Å². The summed E-state index contributed by atoms with van der Waals surface area (Å²) in [7, 11) is 0. The van der Waals surface area contributed by atoms with Gasteiger partial charge in [0.2, 0.25) is 5.91 Å². The zero-order chi connectivity index (χ0) is 19.7. The van der Waals surface area contributed by atoms with Crippen LogP contribution in [0.1, 0.15) is 43.6 Å². The van der Waals surface area contributed by atoms with Crippen molar-refractivity contribution in [3.05, 3.63) is 36.3 Å². The molecule has 1 aliphatic carbocycles. The van der Waals surface area contributed by atoms with Crippen LogP contribution >= 0.6 is 0 Å². The Balaban J connectivity index is 1.52. The minimum atomic E-state index is -0.0977. The fraction of sp³-hybridized carbons (Fsp3) is 0.524. The third-order valence-corrected chi connectivity index (χ3v) is 5.72. The summed E-state index contributed by atoms with van der Waals surface area (Å²) in [5.74, 6) is 1.01. The maximum atomic E-state index is 13.1. The quantitative estimate of drug-likeness (QED) is 0.863. The molecule has 7 heteroatoms. The van der Waals surface area contributed by atoms with Gasteiger partial charge in [0, 0.05) is 44.0 Å². The summed E-state index contributed by atoms with van der Waals surface area (Å²) in [5, 5.41) is 7.15. The van der Waals surface area contributed by atoms with Crippen LogP contribution < -0.4 is 0 Å². The summed E-state index contributed by atoms with van der Waals surface area (Å²) in [6.07, 6.45) is 6.21. The first-order valence-corrected chi connectivity index (χ1v) is 10.1. The van der Waals surface area contributed by atoms with Gasteiger partial charge < -0.3 is 9.80 Å². The molecule has 0 spiro atoms. The maximum absolute atomic E-state index is 13.1. The molecule has 3 heterocycles. The highest BCUT2D eigenvalue weighted by atomic mass is 16.2. The minimum absolute atomic E-state index is 0.0575. The van der Waals surface area contributed by atoms with Gasteiger partial charge in [0.05, 0.1) is 11.7 Å². The highest BCUT2D eigenvalue weighted by molar-refractivity contribution is 5.94. The normalized spacial score (nSPS) is 20.5. The lowest BCUT2D eigenvalue weighted by molar-refractivity contribution is -0.133. The van der Waals surface area contributed by atoms with Crippen molar-refractivity contribution in [1.29, 1.82) is 0 Å². The van der Waals surface area contributed by atoms with Crippen molar-refractivity contribution in [2.45, 2.75) is 39.2 Å². The fourth-order valence-electron chi connectivity index (χ4n) is 3.82. The molecule has 4 rings (SSSR count). The van der Waals surface area contributed by atoms with Gasteiger partial charge in [0.15, 0.2) is 0 Å². The molecule has 1 saturated heterocycles. The number of H-pyrrole nitrogens is 1. The molecule has 0 bridgehead atoms. The monoisotopic (exact) mass is 381 g/mol. The van der Waals surface area contributed by atoms with E-state index in [-0.39, 0.29) is 17.9 Å². The number of aromatic nitrogens is 3. The topological polar surface area (TPSA) is 82.2 Å². The first-order valence-electron chi connectivity index (χ1n) is 10.1. The van der Waals surface area contributed by atoms with Gasteiger partial charge in [-0.05, 0) is 42.9 Å². The second-order valence-corrected chi connectivity index (χ2v) is 8.20. The van der Waals surface area contributed by atoms with Crippen LogP contribution in [0, 0.1) is 11.8 Å². The summed E-state index contributed by atoms with van der Waals surface area (Å²) < 4.78 is 0. The molecule has 2 amide bonds. The van der Waals surface area contributed by atoms with Crippen molar-refractivity contribution in [3.63, 3.8) is 0 Å². The van der Waals surface area contributed by atoms with Crippen LogP contribution in [0.5, 0.6) is 0 Å². The van der Waals surface area contributed by atoms with E-state index in [1.807, 2.05) is 17.0 Å². The Morgan fingerprint density at radius 2 is 2.04 bits per heavy atom. The third-order valence-electron chi connectivity index (χ3n) is 5.72. The molecule has 28 heavy (non-hydrogen) atoms. The SMILES string of the molecule is CC(C)C1CN(C(=O)c2cc(-c3ccncc3)n[nH]2)CCC(=O)N1CC1CC1. The minimum Gasteiger partial charge on any atom is -0.337 e. The highest BCUT2D eigenvalue weighted by Gasteiger charge is 2.37. The summed E-state index contributed by atoms with van der Waals surface area (Å²) in [6, 6.07) is 5.55. The Kier molecular flexibility index (Phi) is 5.15. The predicted molar refractivity (Wildman–Crippen MR) is 105 cm³/mol. The van der Waals surface area contributed by atoms with Crippen molar-refractivity contribution in [2.24, 2.45) is 11.8 Å². The van der Waals surface area contributed by atoms with Gasteiger partial charge in [-0.25, -0.2) is 0 Å². The average Bonchev–Trinajstić information content (AvgIpc) is 3.42. The first-order chi connectivity index (χ1) is 13.5. The van der Waals surface area contributed by atoms with Crippen LogP contribution in [0.4, 0.5) is 0 Å². The van der Waals surface area contributed by atoms with E-state index in [2.05, 4.69) is 29.0 Å². The van der Waals surface area contributed by atoms with Crippen molar-refractivity contribution in [2.75, 3.05) is 19.6 Å². The molecule has 2 aliphatic rings. The second-order valence-electron chi connectivity index (χ2n) is 8.20. The largest absolute Gasteiger partial charge is 0.337 e. The highest BCUT2D eigenvalue weighted by Crippen LogP contribution is 2.32. The molecule has 1 unspecified atom stereocenters. The van der Waals surface area contributed by atoms with Crippen molar-refractivity contribution < 1.29 is 9.59 Å². The zero-order valence-electron chi connectivity index (χ0n) is 16.5. The standard InChI is InChI=1S/C21H27N5O2/c1-14(2)19-13-25(10-7-20(27)26(19)12-15-3-4-15)21(28)18-11-17(23-24-18)16-5-8-22-9-6-16/h5-6,8-9,11,14-15,19H,3-4,7,10,12-13H2,1-2H3,(H,23,24). The molecular formula is C21H27N5O2. The van der Waals surface area contributed by atoms with Gasteiger partial charge in [-0.2, -0.15) is 5.10 Å². The smallest absolute Gasteiger partial charge is 0.271 e. The number of nitrogens with zero attached hydrogens (tertiary/aromatic N) is 4. The number of amides is 2. The van der Waals surface area contributed by atoms with E-state index in [0.29, 0.717) is 42.7 Å². The molecule has 1 saturated carbocycles. The summed E-state index contributed by atoms with van der Waals surface area (Å²) in [6.45, 7) is 6.11. The number of carbonyl (C=O) groups excluding carboxylic acids is 2. The van der Waals surface area contributed by atoms with E-state index in [1.54, 1.807) is 23.4 Å². The number of pyridine rings is 1. The van der Waals surface area contributed by atoms with Crippen LogP contribution in [0.25, 0.3) is 11.3 Å². The van der Waals surface area contributed by atoms with Crippen LogP contribution in [-0.4, -0.2) is 62.5 Å². The van der Waals surface area contributed by atoms with Gasteiger partial charge in [-0.15, -0.1) is 0 Å². The van der Waals surface area contributed by atoms with Crippen LogP contribution in [0.15, 0.2) is 30.6 Å². The summed E-state index contributed by atoms with van der Waals surface area (Å²) in [4.78, 5) is 33.7. The number of hydrogen-bond acceptors (Lipinski definition) is 4. The molecular weight excluding hydrogens is 354 g/mol. The van der Waals surface area contributed by atoms with Gasteiger partial charge in [-0.3, -0.25) is 19.7 Å². The predicted octanol–water partition coefficient (Wildman–Crippen LogP) is 2.58. The molecule has 1 N–H and O–H groups in total. The van der Waals surface area contributed by atoms with E-state index >= 15 is 0 Å². The Morgan fingerprint density at radius 1 is 1.29 bits per heavy atom. The summed E-state index contributed by atoms with van der Waals surface area (Å²) >= 11 is 0. The third kappa shape index (κ3) is 3.93. The number of hydrogen-bond donors (Lipinski definition) is 1. The average molecular weight is 381 g/mol. The molecule has 2 aromatic heterocycles. The Labute approximate surface area is 165 Å². The lowest BCUT2D eigenvalue weighted by Gasteiger charge is -2.34. The molecule has 2 fully saturated rings. The molecule has 148 valence electrons. The Hall–Kier alpha value is -2.70. The number of nitrogens with one attached hydrogen (secondary N) is 1. The Morgan fingerprint density at radius 3 is 2.71 bits per heavy atom. The molecule has 2 aromatic rings. The van der Waals surface area contributed by atoms with E-state index in [0.717, 1.165) is 12.1 Å². The van der Waals surface area contributed by atoms with E-state index < -0.39 is 0 Å². The van der Waals surface area contributed by atoms with Crippen LogP contribution in [-0.2, 0) is 4.79 Å². The lowest BCUT2D eigenvalue weighted by atomic mass is 10.0. The van der Waals surface area contributed by atoms with E-state index in [1.165, 1.54) is 12.8 Å². The number of aromatic amines is 1. The first kappa shape index (κ1) is 18.7. The molecule has 1 atom stereocenters. The van der Waals surface area contributed by atoms with Crippen LogP contribution in [0.3, 0.4) is 0 Å². The zero-order valence-corrected chi connectivity index (χ0v) is 16.5. The van der Waals surface area contributed by atoms with Gasteiger partial charge in [0.1, 0.15) is 5.69 Å². The number of rotatable bonds is 5. The van der Waals surface area contributed by atoms with Gasteiger partial charge in [-0.1, -0.05) is 13.8 Å². The van der Waals surface area contributed by atoms with Crippen LogP contribution in [0.2, 0.25) is 0 Å². The molecule has 7 nitrogen and oxygen atoms in total. The maximum Gasteiger partial charge on any atom is 0.271 e. The van der Waals surface area contributed by atoms with E-state index in [9.17, 15) is 9.59 Å². The van der Waals surface area contributed by atoms with Crippen molar-refractivity contribution in [3.8, 4) is 11.3 Å². The molecule has 0 aromatic carbocycles. The fourth-order valence-corrected chi connectivity index (χ4v) is 3.82. The molecule has 0 radical (unpaired) electrons. The number of carbonyl (C=O) groups is 2. The van der Waals surface area contributed by atoms with Crippen molar-refractivity contribution in [1.82, 2.24) is 25.0 Å².